The van der Waals surface area contributed by atoms with E-state index in [4.69, 9.17) is 0 Å². The molecule has 1 fully saturated rings. The average Bonchev–Trinajstić information content (AvgIpc) is 2.60. The van der Waals surface area contributed by atoms with Gasteiger partial charge in [-0.25, -0.2) is 0 Å². The van der Waals surface area contributed by atoms with Gasteiger partial charge in [0.2, 0.25) is 0 Å². The van der Waals surface area contributed by atoms with Crippen LogP contribution in [0.15, 0.2) is 17.5 Å². The standard InChI is InChI=1S/C12H16OS/c13-12-7-3-1-2-5-10(12)9-11-6-4-8-14-11/h4,6,8,10H,1-3,5,7,9H2. The van der Waals surface area contributed by atoms with Gasteiger partial charge >= 0.3 is 0 Å². The van der Waals surface area contributed by atoms with Crippen LogP contribution in [0, 0.1) is 5.92 Å². The van der Waals surface area contributed by atoms with E-state index in [-0.39, 0.29) is 0 Å². The van der Waals surface area contributed by atoms with Crippen molar-refractivity contribution in [3.8, 4) is 0 Å². The lowest BCUT2D eigenvalue weighted by molar-refractivity contribution is -0.122. The van der Waals surface area contributed by atoms with Crippen molar-refractivity contribution in [1.82, 2.24) is 0 Å². The molecule has 1 atom stereocenters. The predicted octanol–water partition coefficient (Wildman–Crippen LogP) is 3.44. The molecule has 0 spiro atoms. The van der Waals surface area contributed by atoms with Gasteiger partial charge in [-0.2, -0.15) is 0 Å². The molecule has 0 bridgehead atoms. The molecule has 76 valence electrons. The van der Waals surface area contributed by atoms with Gasteiger partial charge in [-0.3, -0.25) is 4.79 Å². The Bertz CT molecular complexity index is 289. The van der Waals surface area contributed by atoms with Gasteiger partial charge in [0.25, 0.3) is 0 Å². The second kappa shape index (κ2) is 4.74. The van der Waals surface area contributed by atoms with Crippen molar-refractivity contribution >= 4 is 17.1 Å². The fraction of sp³-hybridized carbons (Fsp3) is 0.583. The zero-order chi connectivity index (χ0) is 9.80. The van der Waals surface area contributed by atoms with E-state index < -0.39 is 0 Å². The lowest BCUT2D eigenvalue weighted by Gasteiger charge is -2.10. The number of carbonyl (C=O) groups is 1. The molecule has 1 aliphatic carbocycles. The van der Waals surface area contributed by atoms with E-state index in [0.29, 0.717) is 11.7 Å². The number of hydrogen-bond acceptors (Lipinski definition) is 2. The van der Waals surface area contributed by atoms with Gasteiger partial charge in [-0.05, 0) is 30.7 Å². The number of ketones is 1. The van der Waals surface area contributed by atoms with Crippen molar-refractivity contribution in [2.24, 2.45) is 5.92 Å². The molecule has 1 nitrogen and oxygen atoms in total. The number of Topliss-reactive ketones (excluding diaryl/α,β-unsaturated/α-hetero) is 1. The third-order valence-electron chi connectivity index (χ3n) is 2.96. The highest BCUT2D eigenvalue weighted by molar-refractivity contribution is 7.09. The predicted molar refractivity (Wildman–Crippen MR) is 59.6 cm³/mol. The minimum Gasteiger partial charge on any atom is -0.299 e. The quantitative estimate of drug-likeness (QED) is 0.680. The third kappa shape index (κ3) is 2.44. The van der Waals surface area contributed by atoms with E-state index in [1.807, 2.05) is 0 Å². The summed E-state index contributed by atoms with van der Waals surface area (Å²) in [5.41, 5.74) is 0. The Morgan fingerprint density at radius 2 is 2.29 bits per heavy atom. The van der Waals surface area contributed by atoms with Crippen molar-refractivity contribution in [3.63, 3.8) is 0 Å². The van der Waals surface area contributed by atoms with E-state index in [1.165, 1.54) is 17.7 Å². The van der Waals surface area contributed by atoms with E-state index in [2.05, 4.69) is 17.5 Å². The van der Waals surface area contributed by atoms with Gasteiger partial charge in [0.05, 0.1) is 0 Å². The van der Waals surface area contributed by atoms with Crippen molar-refractivity contribution in [3.05, 3.63) is 22.4 Å². The zero-order valence-corrected chi connectivity index (χ0v) is 9.19. The van der Waals surface area contributed by atoms with E-state index in [0.717, 1.165) is 25.7 Å². The summed E-state index contributed by atoms with van der Waals surface area (Å²) in [7, 11) is 0. The molecule has 1 aromatic heterocycles. The summed E-state index contributed by atoms with van der Waals surface area (Å²) in [6.45, 7) is 0. The van der Waals surface area contributed by atoms with Crippen LogP contribution in [0.3, 0.4) is 0 Å². The summed E-state index contributed by atoms with van der Waals surface area (Å²) in [4.78, 5) is 13.1. The molecule has 0 saturated heterocycles. The van der Waals surface area contributed by atoms with E-state index >= 15 is 0 Å². The van der Waals surface area contributed by atoms with E-state index in [1.54, 1.807) is 11.3 Å². The number of rotatable bonds is 2. The molecule has 14 heavy (non-hydrogen) atoms. The van der Waals surface area contributed by atoms with Crippen LogP contribution in [0.5, 0.6) is 0 Å². The highest BCUT2D eigenvalue weighted by Crippen LogP contribution is 2.24. The largest absolute Gasteiger partial charge is 0.299 e. The Morgan fingerprint density at radius 3 is 3.07 bits per heavy atom. The van der Waals surface area contributed by atoms with Crippen LogP contribution in [-0.4, -0.2) is 5.78 Å². The van der Waals surface area contributed by atoms with Crippen LogP contribution >= 0.6 is 11.3 Å². The van der Waals surface area contributed by atoms with Crippen molar-refractivity contribution < 1.29 is 4.79 Å². The van der Waals surface area contributed by atoms with Crippen molar-refractivity contribution in [2.75, 3.05) is 0 Å². The monoisotopic (exact) mass is 208 g/mol. The molecule has 1 unspecified atom stereocenters. The summed E-state index contributed by atoms with van der Waals surface area (Å²) in [5, 5.41) is 2.09. The van der Waals surface area contributed by atoms with Crippen molar-refractivity contribution in [2.45, 2.75) is 38.5 Å². The maximum absolute atomic E-state index is 11.7. The number of thiophene rings is 1. The summed E-state index contributed by atoms with van der Waals surface area (Å²) in [6, 6.07) is 4.21. The van der Waals surface area contributed by atoms with Crippen molar-refractivity contribution in [1.29, 1.82) is 0 Å². The molecule has 2 rings (SSSR count). The summed E-state index contributed by atoms with van der Waals surface area (Å²) in [5.74, 6) is 0.812. The van der Waals surface area contributed by atoms with Crippen LogP contribution in [0.25, 0.3) is 0 Å². The van der Waals surface area contributed by atoms with Gasteiger partial charge in [0.15, 0.2) is 0 Å². The molecular formula is C12H16OS. The van der Waals surface area contributed by atoms with Crippen LogP contribution in [0.4, 0.5) is 0 Å². The highest BCUT2D eigenvalue weighted by atomic mass is 32.1. The molecule has 1 aliphatic rings. The maximum atomic E-state index is 11.7. The van der Waals surface area contributed by atoms with Gasteiger partial charge < -0.3 is 0 Å². The van der Waals surface area contributed by atoms with Crippen LogP contribution in [0.2, 0.25) is 0 Å². The molecule has 0 aromatic carbocycles. The first kappa shape index (κ1) is 9.91. The van der Waals surface area contributed by atoms with Crippen LogP contribution < -0.4 is 0 Å². The first-order valence-corrected chi connectivity index (χ1v) is 6.29. The number of carbonyl (C=O) groups excluding carboxylic acids is 1. The molecule has 2 heteroatoms. The summed E-state index contributed by atoms with van der Waals surface area (Å²) < 4.78 is 0. The third-order valence-corrected chi connectivity index (χ3v) is 3.86. The SMILES string of the molecule is O=C1CCCCCC1Cc1cccs1. The van der Waals surface area contributed by atoms with Gasteiger partial charge in [0.1, 0.15) is 5.78 Å². The Labute approximate surface area is 89.1 Å². The highest BCUT2D eigenvalue weighted by Gasteiger charge is 2.20. The topological polar surface area (TPSA) is 17.1 Å². The van der Waals surface area contributed by atoms with Gasteiger partial charge in [0, 0.05) is 17.2 Å². The minimum absolute atomic E-state index is 0.316. The Balaban J connectivity index is 1.98. The normalized spacial score (nSPS) is 23.4. The average molecular weight is 208 g/mol. The van der Waals surface area contributed by atoms with Gasteiger partial charge in [-0.1, -0.05) is 18.9 Å². The molecule has 1 heterocycles. The second-order valence-corrected chi connectivity index (χ2v) is 5.08. The fourth-order valence-corrected chi connectivity index (χ4v) is 2.91. The lowest BCUT2D eigenvalue weighted by Crippen LogP contribution is -2.14. The Kier molecular flexibility index (Phi) is 3.35. The molecule has 0 aliphatic heterocycles. The lowest BCUT2D eigenvalue weighted by atomic mass is 9.95. The Hall–Kier alpha value is -0.630. The smallest absolute Gasteiger partial charge is 0.136 e. The summed E-state index contributed by atoms with van der Waals surface area (Å²) in [6.07, 6.45) is 6.50. The molecule has 1 aromatic rings. The van der Waals surface area contributed by atoms with Gasteiger partial charge in [-0.15, -0.1) is 11.3 Å². The summed E-state index contributed by atoms with van der Waals surface area (Å²) >= 11 is 1.77. The number of hydrogen-bond donors (Lipinski definition) is 0. The Morgan fingerprint density at radius 1 is 1.36 bits per heavy atom. The van der Waals surface area contributed by atoms with E-state index in [9.17, 15) is 4.79 Å². The molecule has 1 saturated carbocycles. The molecule has 0 N–H and O–H groups in total. The second-order valence-electron chi connectivity index (χ2n) is 4.05. The zero-order valence-electron chi connectivity index (χ0n) is 8.37. The minimum atomic E-state index is 0.316. The van der Waals surface area contributed by atoms with Crippen LogP contribution in [0.1, 0.15) is 37.0 Å². The molecular weight excluding hydrogens is 192 g/mol. The first-order chi connectivity index (χ1) is 6.86. The molecule has 0 radical (unpaired) electrons. The molecule has 0 amide bonds. The maximum Gasteiger partial charge on any atom is 0.136 e. The first-order valence-electron chi connectivity index (χ1n) is 5.41. The van der Waals surface area contributed by atoms with Crippen LogP contribution in [-0.2, 0) is 11.2 Å². The fourth-order valence-electron chi connectivity index (χ4n) is 2.12.